The molecule has 2 atom stereocenters. The Kier molecular flexibility index (Phi) is 5.40. The van der Waals surface area contributed by atoms with E-state index in [0.717, 1.165) is 13.1 Å². The number of likely N-dealkylation sites (tertiary alicyclic amines) is 1. The predicted octanol–water partition coefficient (Wildman–Crippen LogP) is 1.40. The Balaban J connectivity index is 2.63. The smallest absolute Gasteiger partial charge is 0.327 e. The lowest BCUT2D eigenvalue weighted by atomic mass is 9.97. The minimum Gasteiger partial charge on any atom is -0.465 e. The van der Waals surface area contributed by atoms with Crippen molar-refractivity contribution in [2.75, 3.05) is 26.7 Å². The van der Waals surface area contributed by atoms with Crippen LogP contribution >= 0.6 is 0 Å². The molecular formula is C13H26N2O2. The van der Waals surface area contributed by atoms with Gasteiger partial charge in [-0.25, -0.2) is 0 Å². The second-order valence-electron chi connectivity index (χ2n) is 5.12. The molecule has 2 unspecified atom stereocenters. The number of nitrogens with zero attached hydrogens (tertiary/aromatic N) is 1. The first-order valence-electron chi connectivity index (χ1n) is 6.63. The van der Waals surface area contributed by atoms with E-state index >= 15 is 0 Å². The van der Waals surface area contributed by atoms with E-state index < -0.39 is 5.54 Å². The standard InChI is InChI=1S/C13H26N2O2/c1-5-17-12(16)13(3,14-4)10-15-9-7-6-8-11(15)2/h11,14H,5-10H2,1-4H3. The summed E-state index contributed by atoms with van der Waals surface area (Å²) >= 11 is 0. The highest BCUT2D eigenvalue weighted by Gasteiger charge is 2.36. The van der Waals surface area contributed by atoms with Gasteiger partial charge >= 0.3 is 5.97 Å². The van der Waals surface area contributed by atoms with E-state index in [4.69, 9.17) is 4.74 Å². The van der Waals surface area contributed by atoms with E-state index in [1.54, 1.807) is 0 Å². The molecule has 0 saturated carbocycles. The van der Waals surface area contributed by atoms with Crippen LogP contribution in [0.25, 0.3) is 0 Å². The van der Waals surface area contributed by atoms with Gasteiger partial charge in [-0.15, -0.1) is 0 Å². The fourth-order valence-electron chi connectivity index (χ4n) is 2.33. The van der Waals surface area contributed by atoms with E-state index in [1.165, 1.54) is 19.3 Å². The number of piperidine rings is 1. The second-order valence-corrected chi connectivity index (χ2v) is 5.12. The van der Waals surface area contributed by atoms with E-state index in [1.807, 2.05) is 20.9 Å². The van der Waals surface area contributed by atoms with Gasteiger partial charge in [0.2, 0.25) is 0 Å². The summed E-state index contributed by atoms with van der Waals surface area (Å²) in [6, 6.07) is 0.561. The van der Waals surface area contributed by atoms with Gasteiger partial charge in [-0.2, -0.15) is 0 Å². The molecule has 1 rings (SSSR count). The zero-order chi connectivity index (χ0) is 12.9. The van der Waals surface area contributed by atoms with Crippen molar-refractivity contribution in [1.29, 1.82) is 0 Å². The second kappa shape index (κ2) is 6.36. The quantitative estimate of drug-likeness (QED) is 0.740. The molecule has 0 aromatic carbocycles. The van der Waals surface area contributed by atoms with Crippen molar-refractivity contribution in [3.05, 3.63) is 0 Å². The van der Waals surface area contributed by atoms with Gasteiger partial charge in [-0.3, -0.25) is 9.69 Å². The maximum atomic E-state index is 12.0. The van der Waals surface area contributed by atoms with Crippen molar-refractivity contribution >= 4 is 5.97 Å². The molecule has 1 heterocycles. The molecule has 0 bridgehead atoms. The summed E-state index contributed by atoms with van der Waals surface area (Å²) in [5.41, 5.74) is -0.596. The molecule has 0 aromatic heterocycles. The largest absolute Gasteiger partial charge is 0.465 e. The summed E-state index contributed by atoms with van der Waals surface area (Å²) in [4.78, 5) is 14.4. The molecular weight excluding hydrogens is 216 g/mol. The van der Waals surface area contributed by atoms with Crippen LogP contribution in [0, 0.1) is 0 Å². The van der Waals surface area contributed by atoms with Crippen molar-refractivity contribution in [3.8, 4) is 0 Å². The van der Waals surface area contributed by atoms with Crippen molar-refractivity contribution in [2.24, 2.45) is 0 Å². The third-order valence-electron chi connectivity index (χ3n) is 3.74. The average Bonchev–Trinajstić information content (AvgIpc) is 2.32. The molecule has 0 spiro atoms. The molecule has 1 aliphatic rings. The van der Waals surface area contributed by atoms with Crippen LogP contribution in [0.4, 0.5) is 0 Å². The van der Waals surface area contributed by atoms with Crippen molar-refractivity contribution in [1.82, 2.24) is 10.2 Å². The highest BCUT2D eigenvalue weighted by molar-refractivity contribution is 5.80. The van der Waals surface area contributed by atoms with Crippen LogP contribution in [0.1, 0.15) is 40.0 Å². The number of hydrogen-bond donors (Lipinski definition) is 1. The number of carbonyl (C=O) groups is 1. The Hall–Kier alpha value is -0.610. The summed E-state index contributed by atoms with van der Waals surface area (Å²) in [7, 11) is 1.82. The van der Waals surface area contributed by atoms with Gasteiger partial charge in [0.1, 0.15) is 5.54 Å². The number of nitrogens with one attached hydrogen (secondary N) is 1. The maximum Gasteiger partial charge on any atom is 0.327 e. The van der Waals surface area contributed by atoms with E-state index in [0.29, 0.717) is 12.6 Å². The van der Waals surface area contributed by atoms with E-state index in [-0.39, 0.29) is 5.97 Å². The Labute approximate surface area is 105 Å². The van der Waals surface area contributed by atoms with Crippen LogP contribution in [0.15, 0.2) is 0 Å². The number of likely N-dealkylation sites (N-methyl/N-ethyl adjacent to an activating group) is 1. The SMILES string of the molecule is CCOC(=O)C(C)(CN1CCCCC1C)NC. The Morgan fingerprint density at radius 3 is 2.76 bits per heavy atom. The van der Waals surface area contributed by atoms with Crippen LogP contribution in [0.3, 0.4) is 0 Å². The summed E-state index contributed by atoms with van der Waals surface area (Å²) in [6.07, 6.45) is 3.75. The summed E-state index contributed by atoms with van der Waals surface area (Å²) < 4.78 is 5.15. The number of rotatable bonds is 5. The summed E-state index contributed by atoms with van der Waals surface area (Å²) in [5.74, 6) is -0.153. The average molecular weight is 242 g/mol. The van der Waals surface area contributed by atoms with Crippen LogP contribution in [0.2, 0.25) is 0 Å². The van der Waals surface area contributed by atoms with Crippen LogP contribution in [0.5, 0.6) is 0 Å². The first-order valence-corrected chi connectivity index (χ1v) is 6.63. The fourth-order valence-corrected chi connectivity index (χ4v) is 2.33. The third-order valence-corrected chi connectivity index (χ3v) is 3.74. The molecule has 1 saturated heterocycles. The first kappa shape index (κ1) is 14.5. The van der Waals surface area contributed by atoms with Gasteiger partial charge in [0, 0.05) is 12.6 Å². The van der Waals surface area contributed by atoms with Crippen LogP contribution in [-0.4, -0.2) is 49.2 Å². The topological polar surface area (TPSA) is 41.6 Å². The van der Waals surface area contributed by atoms with Gasteiger partial charge in [0.25, 0.3) is 0 Å². The van der Waals surface area contributed by atoms with Crippen molar-refractivity contribution in [2.45, 2.75) is 51.6 Å². The summed E-state index contributed by atoms with van der Waals surface area (Å²) in [5, 5.41) is 3.11. The zero-order valence-electron chi connectivity index (χ0n) is 11.6. The van der Waals surface area contributed by atoms with Gasteiger partial charge in [-0.05, 0) is 47.2 Å². The van der Waals surface area contributed by atoms with Crippen LogP contribution in [-0.2, 0) is 9.53 Å². The Bertz CT molecular complexity index is 258. The lowest BCUT2D eigenvalue weighted by Crippen LogP contribution is -2.58. The van der Waals surface area contributed by atoms with Gasteiger partial charge < -0.3 is 10.1 Å². The predicted molar refractivity (Wildman–Crippen MR) is 69.0 cm³/mol. The molecule has 4 heteroatoms. The minimum absolute atomic E-state index is 0.153. The van der Waals surface area contributed by atoms with Gasteiger partial charge in [0.05, 0.1) is 6.61 Å². The molecule has 1 aliphatic heterocycles. The molecule has 0 aromatic rings. The number of ether oxygens (including phenoxy) is 1. The Morgan fingerprint density at radius 1 is 1.53 bits per heavy atom. The molecule has 17 heavy (non-hydrogen) atoms. The third kappa shape index (κ3) is 3.68. The van der Waals surface area contributed by atoms with Gasteiger partial charge in [-0.1, -0.05) is 6.42 Å². The Morgan fingerprint density at radius 2 is 2.24 bits per heavy atom. The first-order chi connectivity index (χ1) is 8.03. The summed E-state index contributed by atoms with van der Waals surface area (Å²) in [6.45, 7) is 8.25. The highest BCUT2D eigenvalue weighted by atomic mass is 16.5. The normalized spacial score (nSPS) is 25.3. The number of esters is 1. The molecule has 0 amide bonds. The van der Waals surface area contributed by atoms with Gasteiger partial charge in [0.15, 0.2) is 0 Å². The molecule has 1 N–H and O–H groups in total. The molecule has 1 fully saturated rings. The molecule has 0 aliphatic carbocycles. The molecule has 100 valence electrons. The number of carbonyl (C=O) groups excluding carboxylic acids is 1. The van der Waals surface area contributed by atoms with Crippen molar-refractivity contribution in [3.63, 3.8) is 0 Å². The minimum atomic E-state index is -0.596. The molecule has 0 radical (unpaired) electrons. The molecule has 4 nitrogen and oxygen atoms in total. The van der Waals surface area contributed by atoms with Crippen LogP contribution < -0.4 is 5.32 Å². The van der Waals surface area contributed by atoms with E-state index in [9.17, 15) is 4.79 Å². The zero-order valence-corrected chi connectivity index (χ0v) is 11.6. The monoisotopic (exact) mass is 242 g/mol. The lowest BCUT2D eigenvalue weighted by molar-refractivity contribution is -0.151. The lowest BCUT2D eigenvalue weighted by Gasteiger charge is -2.39. The highest BCUT2D eigenvalue weighted by Crippen LogP contribution is 2.19. The van der Waals surface area contributed by atoms with Crippen molar-refractivity contribution < 1.29 is 9.53 Å². The fraction of sp³-hybridized carbons (Fsp3) is 0.923. The maximum absolute atomic E-state index is 12.0. The van der Waals surface area contributed by atoms with E-state index in [2.05, 4.69) is 17.1 Å². The number of hydrogen-bond acceptors (Lipinski definition) is 4.